The van der Waals surface area contributed by atoms with Crippen molar-refractivity contribution in [3.05, 3.63) is 65.2 Å². The van der Waals surface area contributed by atoms with Crippen LogP contribution in [0.15, 0.2) is 48.5 Å². The van der Waals surface area contributed by atoms with Crippen molar-refractivity contribution in [2.24, 2.45) is 16.7 Å². The molecule has 0 heterocycles. The highest BCUT2D eigenvalue weighted by molar-refractivity contribution is 5.29. The first-order valence-electron chi connectivity index (χ1n) is 11.4. The van der Waals surface area contributed by atoms with Gasteiger partial charge in [-0.05, 0) is 85.5 Å². The third kappa shape index (κ3) is 3.97. The van der Waals surface area contributed by atoms with E-state index in [0.29, 0.717) is 23.0 Å². The molecular formula is C27H35NO. The number of ether oxygens (including phenoxy) is 1. The summed E-state index contributed by atoms with van der Waals surface area (Å²) in [6.07, 6.45) is 8.47. The van der Waals surface area contributed by atoms with Gasteiger partial charge in [0.25, 0.3) is 0 Å². The molecule has 154 valence electrons. The zero-order valence-corrected chi connectivity index (χ0v) is 18.3. The van der Waals surface area contributed by atoms with Crippen molar-refractivity contribution in [1.82, 2.24) is 5.32 Å². The Labute approximate surface area is 176 Å². The van der Waals surface area contributed by atoms with Gasteiger partial charge in [0.15, 0.2) is 0 Å². The molecule has 1 N–H and O–H groups in total. The fourth-order valence-electron chi connectivity index (χ4n) is 7.61. The Morgan fingerprint density at radius 3 is 2.28 bits per heavy atom. The van der Waals surface area contributed by atoms with Crippen molar-refractivity contribution in [1.29, 1.82) is 0 Å². The van der Waals surface area contributed by atoms with Gasteiger partial charge in [-0.25, -0.2) is 0 Å². The quantitative estimate of drug-likeness (QED) is 0.616. The van der Waals surface area contributed by atoms with Crippen LogP contribution in [0.1, 0.15) is 69.1 Å². The fourth-order valence-corrected chi connectivity index (χ4v) is 7.61. The van der Waals surface area contributed by atoms with Gasteiger partial charge in [0.05, 0.1) is 0 Å². The first kappa shape index (κ1) is 19.2. The molecule has 6 rings (SSSR count). The van der Waals surface area contributed by atoms with Crippen LogP contribution in [0.4, 0.5) is 0 Å². The number of rotatable bonds is 6. The molecular weight excluding hydrogens is 354 g/mol. The third-order valence-electron chi connectivity index (χ3n) is 7.71. The minimum absolute atomic E-state index is 0.364. The van der Waals surface area contributed by atoms with Crippen LogP contribution in [0.5, 0.6) is 5.75 Å². The van der Waals surface area contributed by atoms with E-state index in [1.165, 1.54) is 55.2 Å². The van der Waals surface area contributed by atoms with Gasteiger partial charge in [-0.15, -0.1) is 0 Å². The molecule has 0 aliphatic heterocycles. The van der Waals surface area contributed by atoms with Crippen molar-refractivity contribution in [3.8, 4) is 5.75 Å². The average molecular weight is 390 g/mol. The second kappa shape index (κ2) is 6.87. The third-order valence-corrected chi connectivity index (χ3v) is 7.71. The summed E-state index contributed by atoms with van der Waals surface area (Å²) >= 11 is 0. The highest BCUT2D eigenvalue weighted by Crippen LogP contribution is 2.66. The Morgan fingerprint density at radius 2 is 1.62 bits per heavy atom. The number of hydrogen-bond acceptors (Lipinski definition) is 2. The van der Waals surface area contributed by atoms with Crippen molar-refractivity contribution in [3.63, 3.8) is 0 Å². The minimum Gasteiger partial charge on any atom is -0.489 e. The van der Waals surface area contributed by atoms with E-state index in [0.717, 1.165) is 18.2 Å². The second-order valence-corrected chi connectivity index (χ2v) is 11.2. The van der Waals surface area contributed by atoms with Crippen LogP contribution < -0.4 is 10.1 Å². The van der Waals surface area contributed by atoms with Crippen molar-refractivity contribution >= 4 is 0 Å². The maximum absolute atomic E-state index is 5.99. The summed E-state index contributed by atoms with van der Waals surface area (Å²) in [5, 5.41) is 4.04. The predicted octanol–water partition coefficient (Wildman–Crippen LogP) is 6.41. The largest absolute Gasteiger partial charge is 0.489 e. The molecule has 2 heteroatoms. The summed E-state index contributed by atoms with van der Waals surface area (Å²) < 4.78 is 5.99. The normalized spacial score (nSPS) is 35.1. The lowest BCUT2D eigenvalue weighted by molar-refractivity contribution is -0.118. The number of benzene rings is 2. The molecule has 2 aromatic carbocycles. The van der Waals surface area contributed by atoms with Crippen LogP contribution in [-0.4, -0.2) is 5.54 Å². The molecule has 0 saturated heterocycles. The Kier molecular flexibility index (Phi) is 4.55. The van der Waals surface area contributed by atoms with E-state index in [4.69, 9.17) is 4.74 Å². The molecule has 2 nitrogen and oxygen atoms in total. The molecule has 4 atom stereocenters. The van der Waals surface area contributed by atoms with Crippen LogP contribution in [0.3, 0.4) is 0 Å². The summed E-state index contributed by atoms with van der Waals surface area (Å²) in [5.41, 5.74) is 5.35. The maximum Gasteiger partial charge on any atom is 0.119 e. The molecule has 2 unspecified atom stereocenters. The topological polar surface area (TPSA) is 21.3 Å². The van der Waals surface area contributed by atoms with E-state index in [2.05, 4.69) is 74.6 Å². The zero-order chi connectivity index (χ0) is 20.1. The lowest BCUT2D eigenvalue weighted by Gasteiger charge is -2.65. The average Bonchev–Trinajstić information content (AvgIpc) is 2.63. The molecule has 4 saturated carbocycles. The lowest BCUT2D eigenvalue weighted by atomic mass is 9.43. The predicted molar refractivity (Wildman–Crippen MR) is 119 cm³/mol. The standard InChI is InChI=1S/C27H35NO/c1-20-5-4-6-22(11-20)16-29-24-9-7-21(8-10-24)15-28-27-14-23-12-25(2,18-27)17-26(3,13-23)19-27/h4-11,23,28H,12-19H2,1-3H3/t23?,25-,26+,27?. The van der Waals surface area contributed by atoms with Crippen LogP contribution in [0.25, 0.3) is 0 Å². The minimum atomic E-state index is 0.364. The summed E-state index contributed by atoms with van der Waals surface area (Å²) in [6, 6.07) is 17.2. The zero-order valence-electron chi connectivity index (χ0n) is 18.3. The highest BCUT2D eigenvalue weighted by atomic mass is 16.5. The van der Waals surface area contributed by atoms with Crippen LogP contribution in [-0.2, 0) is 13.2 Å². The molecule has 0 aromatic heterocycles. The molecule has 4 aliphatic rings. The van der Waals surface area contributed by atoms with E-state index in [9.17, 15) is 0 Å². The van der Waals surface area contributed by atoms with Gasteiger partial charge in [0.2, 0.25) is 0 Å². The van der Waals surface area contributed by atoms with Crippen LogP contribution >= 0.6 is 0 Å². The van der Waals surface area contributed by atoms with E-state index < -0.39 is 0 Å². The van der Waals surface area contributed by atoms with Crippen LogP contribution in [0, 0.1) is 23.7 Å². The van der Waals surface area contributed by atoms with Gasteiger partial charge < -0.3 is 10.1 Å². The Morgan fingerprint density at radius 1 is 0.897 bits per heavy atom. The molecule has 4 bridgehead atoms. The summed E-state index contributed by atoms with van der Waals surface area (Å²) in [7, 11) is 0. The van der Waals surface area contributed by atoms with Crippen molar-refractivity contribution in [2.45, 2.75) is 78.0 Å². The highest BCUT2D eigenvalue weighted by Gasteiger charge is 2.59. The van der Waals surface area contributed by atoms with Crippen molar-refractivity contribution < 1.29 is 4.74 Å². The Balaban J connectivity index is 1.20. The first-order valence-corrected chi connectivity index (χ1v) is 11.4. The van der Waals surface area contributed by atoms with Gasteiger partial charge in [0.1, 0.15) is 12.4 Å². The number of nitrogens with one attached hydrogen (secondary N) is 1. The molecule has 29 heavy (non-hydrogen) atoms. The maximum atomic E-state index is 5.99. The van der Waals surface area contributed by atoms with Gasteiger partial charge >= 0.3 is 0 Å². The summed E-state index contributed by atoms with van der Waals surface area (Å²) in [6.45, 7) is 8.81. The van der Waals surface area contributed by atoms with Crippen LogP contribution in [0.2, 0.25) is 0 Å². The first-order chi connectivity index (χ1) is 13.8. The monoisotopic (exact) mass is 389 g/mol. The van der Waals surface area contributed by atoms with Gasteiger partial charge in [-0.2, -0.15) is 0 Å². The fraction of sp³-hybridized carbons (Fsp3) is 0.556. The lowest BCUT2D eigenvalue weighted by Crippen LogP contribution is -2.63. The summed E-state index contributed by atoms with van der Waals surface area (Å²) in [4.78, 5) is 0. The molecule has 4 fully saturated rings. The second-order valence-electron chi connectivity index (χ2n) is 11.2. The van der Waals surface area contributed by atoms with Gasteiger partial charge in [0, 0.05) is 12.1 Å². The molecule has 0 spiro atoms. The molecule has 0 radical (unpaired) electrons. The number of hydrogen-bond donors (Lipinski definition) is 1. The molecule has 4 aliphatic carbocycles. The number of aryl methyl sites for hydroxylation is 1. The molecule has 2 aromatic rings. The van der Waals surface area contributed by atoms with E-state index in [-0.39, 0.29) is 0 Å². The Bertz CT molecular complexity index is 868. The molecule has 0 amide bonds. The van der Waals surface area contributed by atoms with E-state index >= 15 is 0 Å². The SMILES string of the molecule is Cc1cccc(COc2ccc(CNC34CC5C[C@@](C)(C3)C[C@](C)(C5)C4)cc2)c1. The Hall–Kier alpha value is -1.80. The van der Waals surface area contributed by atoms with E-state index in [1.807, 2.05) is 0 Å². The van der Waals surface area contributed by atoms with Gasteiger partial charge in [-0.3, -0.25) is 0 Å². The van der Waals surface area contributed by atoms with Gasteiger partial charge in [-0.1, -0.05) is 55.8 Å². The van der Waals surface area contributed by atoms with E-state index in [1.54, 1.807) is 0 Å². The smallest absolute Gasteiger partial charge is 0.119 e. The van der Waals surface area contributed by atoms with Crippen molar-refractivity contribution in [2.75, 3.05) is 0 Å². The summed E-state index contributed by atoms with van der Waals surface area (Å²) in [5.74, 6) is 1.89.